The lowest BCUT2D eigenvalue weighted by atomic mass is 10.1. The first-order chi connectivity index (χ1) is 6.34. The van der Waals surface area contributed by atoms with E-state index in [1.54, 1.807) is 0 Å². The third-order valence-corrected chi connectivity index (χ3v) is 2.99. The minimum Gasteiger partial charge on any atom is -0.317 e. The molecule has 1 rings (SSSR count). The highest BCUT2D eigenvalue weighted by Gasteiger charge is 2.19. The third kappa shape index (κ3) is 4.10. The van der Waals surface area contributed by atoms with Crippen LogP contribution < -0.4 is 5.32 Å². The maximum Gasteiger partial charge on any atom is 0.00931 e. The minimum absolute atomic E-state index is 0.878. The van der Waals surface area contributed by atoms with Crippen LogP contribution in [0.4, 0.5) is 0 Å². The molecule has 0 aromatic heterocycles. The van der Waals surface area contributed by atoms with E-state index in [-0.39, 0.29) is 0 Å². The fourth-order valence-corrected chi connectivity index (χ4v) is 2.11. The molecule has 1 saturated heterocycles. The number of nitrogens with one attached hydrogen (secondary N) is 1. The van der Waals surface area contributed by atoms with Gasteiger partial charge in [-0.15, -0.1) is 0 Å². The summed E-state index contributed by atoms with van der Waals surface area (Å²) < 4.78 is 0. The van der Waals surface area contributed by atoms with Gasteiger partial charge in [-0.05, 0) is 58.8 Å². The van der Waals surface area contributed by atoms with Gasteiger partial charge in [0.15, 0.2) is 0 Å². The Morgan fingerprint density at radius 3 is 2.85 bits per heavy atom. The van der Waals surface area contributed by atoms with Crippen molar-refractivity contribution in [3.63, 3.8) is 0 Å². The van der Waals surface area contributed by atoms with E-state index in [1.807, 2.05) is 0 Å². The predicted octanol–water partition coefficient (Wildman–Crippen LogP) is 1.86. The van der Waals surface area contributed by atoms with Crippen molar-refractivity contribution in [2.45, 2.75) is 45.1 Å². The lowest BCUT2D eigenvalue weighted by Gasteiger charge is -2.18. The van der Waals surface area contributed by atoms with E-state index in [0.717, 1.165) is 6.04 Å². The van der Waals surface area contributed by atoms with E-state index in [1.165, 1.54) is 51.7 Å². The fraction of sp³-hybridized carbons (Fsp3) is 1.00. The van der Waals surface area contributed by atoms with Crippen LogP contribution in [0, 0.1) is 0 Å². The zero-order valence-electron chi connectivity index (χ0n) is 9.18. The molecule has 2 heteroatoms. The number of rotatable bonds is 6. The first-order valence-corrected chi connectivity index (χ1v) is 5.75. The summed E-state index contributed by atoms with van der Waals surface area (Å²) in [6.45, 7) is 5.92. The lowest BCUT2D eigenvalue weighted by molar-refractivity contribution is 0.291. The molecule has 0 saturated carbocycles. The molecule has 2 nitrogen and oxygen atoms in total. The Bertz CT molecular complexity index is 125. The molecule has 0 bridgehead atoms. The summed E-state index contributed by atoms with van der Waals surface area (Å²) in [5, 5.41) is 3.46. The van der Waals surface area contributed by atoms with Crippen LogP contribution in [0.3, 0.4) is 0 Å². The van der Waals surface area contributed by atoms with Crippen LogP contribution in [0.1, 0.15) is 39.0 Å². The van der Waals surface area contributed by atoms with Gasteiger partial charge in [0.1, 0.15) is 0 Å². The third-order valence-electron chi connectivity index (χ3n) is 2.99. The predicted molar refractivity (Wildman–Crippen MR) is 58.0 cm³/mol. The second kappa shape index (κ2) is 6.39. The Hall–Kier alpha value is -0.0800. The number of hydrogen-bond acceptors (Lipinski definition) is 2. The molecule has 0 spiro atoms. The van der Waals surface area contributed by atoms with E-state index in [2.05, 4.69) is 24.2 Å². The van der Waals surface area contributed by atoms with Crippen LogP contribution >= 0.6 is 0 Å². The molecular weight excluding hydrogens is 160 g/mol. The molecule has 1 fully saturated rings. The van der Waals surface area contributed by atoms with Crippen molar-refractivity contribution >= 4 is 0 Å². The Balaban J connectivity index is 1.93. The monoisotopic (exact) mass is 184 g/mol. The van der Waals surface area contributed by atoms with Crippen molar-refractivity contribution in [3.05, 3.63) is 0 Å². The first kappa shape index (κ1) is 11.0. The average Bonchev–Trinajstić information content (AvgIpc) is 2.52. The van der Waals surface area contributed by atoms with Gasteiger partial charge >= 0.3 is 0 Å². The zero-order valence-corrected chi connectivity index (χ0v) is 9.18. The van der Waals surface area contributed by atoms with Crippen LogP contribution in [0.5, 0.6) is 0 Å². The van der Waals surface area contributed by atoms with Crippen LogP contribution in [0.25, 0.3) is 0 Å². The summed E-state index contributed by atoms with van der Waals surface area (Å²) in [4.78, 5) is 2.51. The summed E-state index contributed by atoms with van der Waals surface area (Å²) >= 11 is 0. The standard InChI is InChI=1S/C11H24N2/c1-3-8-12-9-4-6-11-7-5-10-13(11)2/h11-12H,3-10H2,1-2H3/t11-/m1/s1. The van der Waals surface area contributed by atoms with Gasteiger partial charge in [0, 0.05) is 6.04 Å². The van der Waals surface area contributed by atoms with Crippen molar-refractivity contribution in [3.8, 4) is 0 Å². The summed E-state index contributed by atoms with van der Waals surface area (Å²) in [5.41, 5.74) is 0. The quantitative estimate of drug-likeness (QED) is 0.634. The molecule has 13 heavy (non-hydrogen) atoms. The van der Waals surface area contributed by atoms with Gasteiger partial charge in [0.05, 0.1) is 0 Å². The maximum absolute atomic E-state index is 3.46. The zero-order chi connectivity index (χ0) is 9.52. The van der Waals surface area contributed by atoms with Crippen molar-refractivity contribution < 1.29 is 0 Å². The Kier molecular flexibility index (Phi) is 5.40. The second-order valence-electron chi connectivity index (χ2n) is 4.17. The van der Waals surface area contributed by atoms with Crippen LogP contribution in [-0.4, -0.2) is 37.6 Å². The summed E-state index contributed by atoms with van der Waals surface area (Å²) in [5.74, 6) is 0. The Morgan fingerprint density at radius 2 is 2.23 bits per heavy atom. The number of likely N-dealkylation sites (tertiary alicyclic amines) is 1. The molecule has 78 valence electrons. The molecule has 1 aliphatic heterocycles. The second-order valence-corrected chi connectivity index (χ2v) is 4.17. The molecule has 0 aromatic rings. The van der Waals surface area contributed by atoms with E-state index >= 15 is 0 Å². The van der Waals surface area contributed by atoms with Crippen molar-refractivity contribution in [1.82, 2.24) is 10.2 Å². The molecule has 0 aliphatic carbocycles. The van der Waals surface area contributed by atoms with Gasteiger partial charge in [-0.3, -0.25) is 0 Å². The van der Waals surface area contributed by atoms with Gasteiger partial charge in [-0.2, -0.15) is 0 Å². The molecular formula is C11H24N2. The molecule has 1 N–H and O–H groups in total. The SMILES string of the molecule is CCCNCCC[C@@H]1CCCN1C. The van der Waals surface area contributed by atoms with E-state index in [4.69, 9.17) is 0 Å². The highest BCUT2D eigenvalue weighted by molar-refractivity contribution is 4.76. The van der Waals surface area contributed by atoms with Gasteiger partial charge < -0.3 is 10.2 Å². The molecule has 1 heterocycles. The van der Waals surface area contributed by atoms with Gasteiger partial charge in [-0.1, -0.05) is 6.92 Å². The fourth-order valence-electron chi connectivity index (χ4n) is 2.11. The minimum atomic E-state index is 0.878. The Labute approximate surface area is 82.7 Å². The topological polar surface area (TPSA) is 15.3 Å². The Morgan fingerprint density at radius 1 is 1.38 bits per heavy atom. The number of hydrogen-bond donors (Lipinski definition) is 1. The van der Waals surface area contributed by atoms with Gasteiger partial charge in [0.2, 0.25) is 0 Å². The van der Waals surface area contributed by atoms with Crippen molar-refractivity contribution in [1.29, 1.82) is 0 Å². The highest BCUT2D eigenvalue weighted by atomic mass is 15.1. The van der Waals surface area contributed by atoms with Crippen LogP contribution in [0.15, 0.2) is 0 Å². The van der Waals surface area contributed by atoms with Gasteiger partial charge in [0.25, 0.3) is 0 Å². The van der Waals surface area contributed by atoms with Gasteiger partial charge in [-0.25, -0.2) is 0 Å². The van der Waals surface area contributed by atoms with E-state index in [0.29, 0.717) is 0 Å². The molecule has 0 radical (unpaired) electrons. The summed E-state index contributed by atoms with van der Waals surface area (Å²) in [7, 11) is 2.26. The van der Waals surface area contributed by atoms with Crippen molar-refractivity contribution in [2.24, 2.45) is 0 Å². The first-order valence-electron chi connectivity index (χ1n) is 5.75. The summed E-state index contributed by atoms with van der Waals surface area (Å²) in [6.07, 6.45) is 6.80. The van der Waals surface area contributed by atoms with E-state index < -0.39 is 0 Å². The number of nitrogens with zero attached hydrogens (tertiary/aromatic N) is 1. The molecule has 1 aliphatic rings. The maximum atomic E-state index is 3.46. The molecule has 0 aromatic carbocycles. The van der Waals surface area contributed by atoms with Crippen LogP contribution in [-0.2, 0) is 0 Å². The average molecular weight is 184 g/mol. The normalized spacial score (nSPS) is 24.0. The van der Waals surface area contributed by atoms with E-state index in [9.17, 15) is 0 Å². The lowest BCUT2D eigenvalue weighted by Crippen LogP contribution is -2.26. The van der Waals surface area contributed by atoms with Crippen molar-refractivity contribution in [2.75, 3.05) is 26.7 Å². The highest BCUT2D eigenvalue weighted by Crippen LogP contribution is 2.18. The molecule has 0 unspecified atom stereocenters. The molecule has 0 amide bonds. The summed E-state index contributed by atoms with van der Waals surface area (Å²) in [6, 6.07) is 0.878. The van der Waals surface area contributed by atoms with Crippen LogP contribution in [0.2, 0.25) is 0 Å². The molecule has 1 atom stereocenters. The smallest absolute Gasteiger partial charge is 0.00931 e. The largest absolute Gasteiger partial charge is 0.317 e.